The van der Waals surface area contributed by atoms with Crippen molar-refractivity contribution in [1.82, 2.24) is 19.5 Å². The number of aryl methyl sites for hydroxylation is 2. The summed E-state index contributed by atoms with van der Waals surface area (Å²) in [7, 11) is 1.97. The number of amides is 1. The molecule has 0 fully saturated rings. The zero-order valence-electron chi connectivity index (χ0n) is 16.7. The second-order valence-electron chi connectivity index (χ2n) is 7.12. The van der Waals surface area contributed by atoms with Crippen LogP contribution in [0.2, 0.25) is 0 Å². The highest BCUT2D eigenvalue weighted by atomic mass is 16.2. The Morgan fingerprint density at radius 2 is 1.80 bits per heavy atom. The third-order valence-electron chi connectivity index (χ3n) is 5.07. The molecule has 30 heavy (non-hydrogen) atoms. The largest absolute Gasteiger partial charge is 0.327 e. The summed E-state index contributed by atoms with van der Waals surface area (Å²) < 4.78 is 2.03. The van der Waals surface area contributed by atoms with Crippen LogP contribution in [0.5, 0.6) is 0 Å². The van der Waals surface area contributed by atoms with Crippen molar-refractivity contribution < 1.29 is 4.79 Å². The molecule has 4 rings (SSSR count). The van der Waals surface area contributed by atoms with E-state index < -0.39 is 11.2 Å². The van der Waals surface area contributed by atoms with Crippen LogP contribution in [-0.2, 0) is 18.3 Å². The van der Waals surface area contributed by atoms with Crippen LogP contribution in [0.4, 0.5) is 5.69 Å². The second kappa shape index (κ2) is 7.82. The monoisotopic (exact) mass is 403 g/mol. The van der Waals surface area contributed by atoms with E-state index in [0.717, 1.165) is 22.4 Å². The quantitative estimate of drug-likeness (QED) is 0.475. The molecule has 3 N–H and O–H groups in total. The van der Waals surface area contributed by atoms with E-state index in [2.05, 4.69) is 20.3 Å². The third-order valence-corrected chi connectivity index (χ3v) is 5.07. The molecule has 0 saturated carbocycles. The Morgan fingerprint density at radius 3 is 2.50 bits per heavy atom. The first-order valence-corrected chi connectivity index (χ1v) is 9.56. The van der Waals surface area contributed by atoms with Gasteiger partial charge in [0.2, 0.25) is 5.91 Å². The number of aromatic nitrogens is 4. The summed E-state index contributed by atoms with van der Waals surface area (Å²) in [5, 5.41) is 2.83. The summed E-state index contributed by atoms with van der Waals surface area (Å²) in [4.78, 5) is 44.8. The molecule has 0 unspecified atom stereocenters. The molecule has 0 radical (unpaired) electrons. The van der Waals surface area contributed by atoms with Crippen LogP contribution in [0, 0.1) is 6.92 Å². The van der Waals surface area contributed by atoms with Gasteiger partial charge in [0.05, 0.1) is 11.0 Å². The van der Waals surface area contributed by atoms with Gasteiger partial charge in [0, 0.05) is 36.0 Å². The summed E-state index contributed by atoms with van der Waals surface area (Å²) in [6, 6.07) is 15.4. The van der Waals surface area contributed by atoms with Crippen LogP contribution in [-0.4, -0.2) is 25.4 Å². The summed E-state index contributed by atoms with van der Waals surface area (Å²) >= 11 is 0. The number of nitrogens with one attached hydrogen (secondary N) is 3. The first-order chi connectivity index (χ1) is 14.4. The minimum atomic E-state index is -0.550. The van der Waals surface area contributed by atoms with Crippen molar-refractivity contribution in [3.63, 3.8) is 0 Å². The van der Waals surface area contributed by atoms with Crippen LogP contribution in [0.3, 0.4) is 0 Å². The lowest BCUT2D eigenvalue weighted by atomic mass is 10.1. The molecule has 0 spiro atoms. The van der Waals surface area contributed by atoms with E-state index in [9.17, 15) is 14.4 Å². The highest BCUT2D eigenvalue weighted by molar-refractivity contribution is 5.91. The van der Waals surface area contributed by atoms with Crippen molar-refractivity contribution in [3.05, 3.63) is 80.6 Å². The highest BCUT2D eigenvalue weighted by Crippen LogP contribution is 2.24. The fourth-order valence-electron chi connectivity index (χ4n) is 3.50. The zero-order valence-corrected chi connectivity index (χ0v) is 16.7. The standard InChI is InChI=1S/C22H21N5O3/c1-13-16(21(29)26-22(30)23-13)11-12-19(28)24-15-9-7-14(8-10-15)20-25-17-5-3-4-6-18(17)27(20)2/h3-10H,11-12H2,1-2H3,(H,24,28)(H2,23,26,29,30). The molecule has 0 saturated heterocycles. The van der Waals surface area contributed by atoms with Crippen LogP contribution in [0.25, 0.3) is 22.4 Å². The number of carbonyl (C=O) groups excluding carboxylic acids is 1. The molecule has 0 aliphatic carbocycles. The van der Waals surface area contributed by atoms with Crippen molar-refractivity contribution in [1.29, 1.82) is 0 Å². The molecule has 2 aromatic heterocycles. The number of hydrogen-bond donors (Lipinski definition) is 3. The number of carbonyl (C=O) groups is 1. The van der Waals surface area contributed by atoms with E-state index in [0.29, 0.717) is 16.9 Å². The summed E-state index contributed by atoms with van der Waals surface area (Å²) in [6.07, 6.45) is 0.365. The number of aromatic amines is 2. The molecule has 0 atom stereocenters. The average Bonchev–Trinajstić information content (AvgIpc) is 3.05. The van der Waals surface area contributed by atoms with Crippen molar-refractivity contribution in [2.24, 2.45) is 7.05 Å². The predicted octanol–water partition coefficient (Wildman–Crippen LogP) is 2.50. The van der Waals surface area contributed by atoms with Gasteiger partial charge in [-0.25, -0.2) is 9.78 Å². The van der Waals surface area contributed by atoms with Gasteiger partial charge in [-0.3, -0.25) is 14.6 Å². The lowest BCUT2D eigenvalue weighted by molar-refractivity contribution is -0.116. The van der Waals surface area contributed by atoms with Gasteiger partial charge in [-0.2, -0.15) is 0 Å². The van der Waals surface area contributed by atoms with Gasteiger partial charge in [0.1, 0.15) is 5.82 Å². The van der Waals surface area contributed by atoms with Crippen molar-refractivity contribution in [2.75, 3.05) is 5.32 Å². The molecule has 4 aromatic rings. The SMILES string of the molecule is Cc1[nH]c(=O)[nH]c(=O)c1CCC(=O)Nc1ccc(-c2nc3ccccc3n2C)cc1. The minimum Gasteiger partial charge on any atom is -0.327 e. The third kappa shape index (κ3) is 3.80. The lowest BCUT2D eigenvalue weighted by Crippen LogP contribution is -2.27. The highest BCUT2D eigenvalue weighted by Gasteiger charge is 2.11. The number of anilines is 1. The Labute approximate surface area is 171 Å². The molecule has 0 aliphatic heterocycles. The zero-order chi connectivity index (χ0) is 21.3. The van der Waals surface area contributed by atoms with E-state index in [1.54, 1.807) is 6.92 Å². The maximum Gasteiger partial charge on any atom is 0.325 e. The Hall–Kier alpha value is -3.94. The molecule has 8 nitrogen and oxygen atoms in total. The summed E-state index contributed by atoms with van der Waals surface area (Å²) in [6.45, 7) is 1.64. The number of fused-ring (bicyclic) bond motifs is 1. The molecule has 8 heteroatoms. The summed E-state index contributed by atoms with van der Waals surface area (Å²) in [5.74, 6) is 0.636. The number of rotatable bonds is 5. The fourth-order valence-corrected chi connectivity index (χ4v) is 3.50. The van der Waals surface area contributed by atoms with Gasteiger partial charge < -0.3 is 14.9 Å². The number of H-pyrrole nitrogens is 2. The maximum atomic E-state index is 12.3. The molecule has 0 bridgehead atoms. The van der Waals surface area contributed by atoms with E-state index in [1.807, 2.05) is 60.1 Å². The maximum absolute atomic E-state index is 12.3. The smallest absolute Gasteiger partial charge is 0.325 e. The van der Waals surface area contributed by atoms with Gasteiger partial charge in [-0.1, -0.05) is 12.1 Å². The average molecular weight is 403 g/mol. The minimum absolute atomic E-state index is 0.127. The molecule has 0 aliphatic rings. The topological polar surface area (TPSA) is 113 Å². The molecular formula is C22H21N5O3. The number of hydrogen-bond acceptors (Lipinski definition) is 4. The number of nitrogens with zero attached hydrogens (tertiary/aromatic N) is 2. The molecule has 1 amide bonds. The Morgan fingerprint density at radius 1 is 1.07 bits per heavy atom. The number of benzene rings is 2. The number of imidazole rings is 1. The van der Waals surface area contributed by atoms with Gasteiger partial charge in [-0.05, 0) is 49.7 Å². The lowest BCUT2D eigenvalue weighted by Gasteiger charge is -2.08. The normalized spacial score (nSPS) is 11.0. The van der Waals surface area contributed by atoms with Crippen LogP contribution in [0.15, 0.2) is 58.1 Å². The molecule has 2 heterocycles. The first kappa shape index (κ1) is 19.4. The van der Waals surface area contributed by atoms with E-state index in [1.165, 1.54) is 0 Å². The van der Waals surface area contributed by atoms with Crippen molar-refractivity contribution >= 4 is 22.6 Å². The van der Waals surface area contributed by atoms with Gasteiger partial charge >= 0.3 is 5.69 Å². The summed E-state index contributed by atoms with van der Waals surface area (Å²) in [5.41, 5.74) is 3.46. The van der Waals surface area contributed by atoms with Crippen molar-refractivity contribution in [2.45, 2.75) is 19.8 Å². The van der Waals surface area contributed by atoms with Crippen molar-refractivity contribution in [3.8, 4) is 11.4 Å². The predicted molar refractivity (Wildman–Crippen MR) is 116 cm³/mol. The second-order valence-corrected chi connectivity index (χ2v) is 7.12. The van der Waals surface area contributed by atoms with Crippen LogP contribution < -0.4 is 16.6 Å². The van der Waals surface area contributed by atoms with E-state index in [4.69, 9.17) is 0 Å². The van der Waals surface area contributed by atoms with E-state index >= 15 is 0 Å². The van der Waals surface area contributed by atoms with Gasteiger partial charge in [0.15, 0.2) is 0 Å². The first-order valence-electron chi connectivity index (χ1n) is 9.56. The molecule has 152 valence electrons. The molecular weight excluding hydrogens is 382 g/mol. The molecule has 2 aromatic carbocycles. The van der Waals surface area contributed by atoms with Crippen LogP contribution in [0.1, 0.15) is 17.7 Å². The van der Waals surface area contributed by atoms with Crippen LogP contribution >= 0.6 is 0 Å². The Bertz CT molecular complexity index is 1350. The Balaban J connectivity index is 1.44. The van der Waals surface area contributed by atoms with Gasteiger partial charge in [0.25, 0.3) is 5.56 Å². The number of para-hydroxylation sites is 2. The van der Waals surface area contributed by atoms with E-state index in [-0.39, 0.29) is 18.7 Å². The Kier molecular flexibility index (Phi) is 5.05. The van der Waals surface area contributed by atoms with Gasteiger partial charge in [-0.15, -0.1) is 0 Å². The fraction of sp³-hybridized carbons (Fsp3) is 0.182.